The molecule has 0 amide bonds. The molecule has 1 aromatic carbocycles. The fraction of sp³-hybridized carbons (Fsp3) is 0.647. The van der Waals surface area contributed by atoms with Crippen LogP contribution in [0, 0.1) is 0 Å². The van der Waals surface area contributed by atoms with Crippen LogP contribution < -0.4 is 9.47 Å². The van der Waals surface area contributed by atoms with Crippen LogP contribution >= 0.6 is 7.82 Å². The highest BCUT2D eigenvalue weighted by Crippen LogP contribution is 2.52. The van der Waals surface area contributed by atoms with Gasteiger partial charge in [-0.2, -0.15) is 0 Å². The van der Waals surface area contributed by atoms with Crippen LogP contribution in [0.15, 0.2) is 18.2 Å². The lowest BCUT2D eigenvalue weighted by molar-refractivity contribution is 0.0500. The predicted octanol–water partition coefficient (Wildman–Crippen LogP) is 2.31. The van der Waals surface area contributed by atoms with Gasteiger partial charge in [0, 0.05) is 11.5 Å². The molecule has 1 heterocycles. The minimum Gasteiger partial charge on any atom is -0.493 e. The molecule has 7 nitrogen and oxygen atoms in total. The molecule has 1 aliphatic heterocycles. The minimum atomic E-state index is -4.46. The van der Waals surface area contributed by atoms with Crippen molar-refractivity contribution in [3.05, 3.63) is 23.8 Å². The average Bonchev–Trinajstić information content (AvgIpc) is 2.91. The maximum absolute atomic E-state index is 11.2. The van der Waals surface area contributed by atoms with E-state index in [1.165, 1.54) is 5.56 Å². The van der Waals surface area contributed by atoms with Crippen LogP contribution in [0.2, 0.25) is 0 Å². The molecule has 3 rings (SSSR count). The van der Waals surface area contributed by atoms with Gasteiger partial charge in [-0.05, 0) is 57.0 Å². The second-order valence-corrected chi connectivity index (χ2v) is 8.16. The fourth-order valence-electron chi connectivity index (χ4n) is 4.52. The zero-order valence-electron chi connectivity index (χ0n) is 14.8. The quantitative estimate of drug-likeness (QED) is 0.768. The maximum Gasteiger partial charge on any atom is 0.469 e. The van der Waals surface area contributed by atoms with Gasteiger partial charge in [0.1, 0.15) is 0 Å². The molecule has 0 spiro atoms. The topological polar surface area (TPSA) is 88.5 Å². The summed E-state index contributed by atoms with van der Waals surface area (Å²) in [5, 5.41) is 0. The Kier molecular flexibility index (Phi) is 5.15. The second-order valence-electron chi connectivity index (χ2n) is 6.96. The third-order valence-electron chi connectivity index (χ3n) is 5.72. The summed E-state index contributed by atoms with van der Waals surface area (Å²) in [7, 11) is 0.845. The monoisotopic (exact) mass is 371 g/mol. The number of hydrogen-bond acceptors (Lipinski definition) is 5. The molecule has 2 aliphatic rings. The Balaban J connectivity index is 1.91. The maximum atomic E-state index is 11.2. The van der Waals surface area contributed by atoms with E-state index in [1.54, 1.807) is 14.2 Å². The van der Waals surface area contributed by atoms with Crippen molar-refractivity contribution in [3.63, 3.8) is 0 Å². The molecule has 25 heavy (non-hydrogen) atoms. The number of likely N-dealkylation sites (tertiary alicyclic amines) is 1. The number of ether oxygens (including phenoxy) is 2. The molecule has 0 aromatic heterocycles. The van der Waals surface area contributed by atoms with Crippen molar-refractivity contribution in [2.75, 3.05) is 27.8 Å². The van der Waals surface area contributed by atoms with Gasteiger partial charge in [-0.25, -0.2) is 4.57 Å². The summed E-state index contributed by atoms with van der Waals surface area (Å²) in [4.78, 5) is 20.5. The lowest BCUT2D eigenvalue weighted by Crippen LogP contribution is -2.47. The first-order valence-corrected chi connectivity index (χ1v) is 9.99. The number of hydrogen-bond donors (Lipinski definition) is 2. The Labute approximate surface area is 148 Å². The Hall–Kier alpha value is -1.11. The lowest BCUT2D eigenvalue weighted by atomic mass is 9.65. The van der Waals surface area contributed by atoms with Crippen molar-refractivity contribution in [2.24, 2.45) is 0 Å². The molecule has 1 saturated carbocycles. The van der Waals surface area contributed by atoms with Crippen LogP contribution in [0.25, 0.3) is 0 Å². The number of phosphoric acid groups is 1. The molecule has 1 saturated heterocycles. The summed E-state index contributed by atoms with van der Waals surface area (Å²) < 4.78 is 27.0. The summed E-state index contributed by atoms with van der Waals surface area (Å²) >= 11 is 0. The molecule has 0 radical (unpaired) electrons. The van der Waals surface area contributed by atoms with E-state index in [2.05, 4.69) is 18.0 Å². The number of methoxy groups -OCH3 is 2. The van der Waals surface area contributed by atoms with Crippen molar-refractivity contribution in [1.82, 2.24) is 4.90 Å². The van der Waals surface area contributed by atoms with Crippen LogP contribution in [-0.2, 0) is 14.5 Å². The minimum absolute atomic E-state index is 0.0525. The number of rotatable bonds is 5. The van der Waals surface area contributed by atoms with E-state index in [0.29, 0.717) is 24.3 Å². The Bertz CT molecular complexity index is 677. The van der Waals surface area contributed by atoms with E-state index in [-0.39, 0.29) is 11.5 Å². The van der Waals surface area contributed by atoms with E-state index in [0.717, 1.165) is 19.4 Å². The zero-order chi connectivity index (χ0) is 18.2. The fourth-order valence-corrected chi connectivity index (χ4v) is 5.10. The third-order valence-corrected chi connectivity index (χ3v) is 6.30. The van der Waals surface area contributed by atoms with Crippen LogP contribution in [0.1, 0.15) is 31.2 Å². The van der Waals surface area contributed by atoms with E-state index < -0.39 is 13.9 Å². The molecule has 3 atom stereocenters. The Morgan fingerprint density at radius 3 is 2.56 bits per heavy atom. The summed E-state index contributed by atoms with van der Waals surface area (Å²) in [5.41, 5.74) is 1.14. The molecule has 1 aliphatic carbocycles. The zero-order valence-corrected chi connectivity index (χ0v) is 15.7. The molecule has 8 heteroatoms. The first-order valence-electron chi connectivity index (χ1n) is 8.46. The van der Waals surface area contributed by atoms with Crippen molar-refractivity contribution >= 4 is 7.82 Å². The van der Waals surface area contributed by atoms with Gasteiger partial charge in [-0.3, -0.25) is 4.52 Å². The van der Waals surface area contributed by atoms with E-state index in [9.17, 15) is 4.57 Å². The molecule has 0 unspecified atom stereocenters. The average molecular weight is 371 g/mol. The molecular formula is C17H26NO6P. The molecule has 140 valence electrons. The van der Waals surface area contributed by atoms with Crippen molar-refractivity contribution in [2.45, 2.75) is 43.2 Å². The molecule has 1 aromatic rings. The molecule has 2 N–H and O–H groups in total. The number of fused-ring (bicyclic) bond motifs is 1. The number of phosphoric ester groups is 1. The predicted molar refractivity (Wildman–Crippen MR) is 93.0 cm³/mol. The highest BCUT2D eigenvalue weighted by molar-refractivity contribution is 7.46. The van der Waals surface area contributed by atoms with E-state index >= 15 is 0 Å². The van der Waals surface area contributed by atoms with Gasteiger partial charge in [0.15, 0.2) is 11.5 Å². The van der Waals surface area contributed by atoms with Gasteiger partial charge >= 0.3 is 7.82 Å². The smallest absolute Gasteiger partial charge is 0.469 e. The van der Waals surface area contributed by atoms with Crippen LogP contribution in [0.3, 0.4) is 0 Å². The molecule has 0 bridgehead atoms. The standard InChI is InChI=1S/C17H26NO6P/c1-18-9-8-17(12-4-5-14(22-2)15(10-12)23-3)7-6-13(11-16(17)18)24-25(19,20)21/h4-5,10,13,16H,6-9,11H2,1-3H3,(H2,19,20,21)/t13-,16+,17+/m1/s1. The third kappa shape index (κ3) is 3.57. The van der Waals surface area contributed by atoms with Gasteiger partial charge in [0.2, 0.25) is 0 Å². The van der Waals surface area contributed by atoms with Crippen molar-refractivity contribution in [1.29, 1.82) is 0 Å². The summed E-state index contributed by atoms with van der Waals surface area (Å²) in [6, 6.07) is 6.22. The van der Waals surface area contributed by atoms with Crippen LogP contribution in [-0.4, -0.2) is 54.6 Å². The number of likely N-dealkylation sites (N-methyl/N-ethyl adjacent to an activating group) is 1. The van der Waals surface area contributed by atoms with E-state index in [4.69, 9.17) is 23.8 Å². The van der Waals surface area contributed by atoms with Gasteiger partial charge < -0.3 is 24.2 Å². The Morgan fingerprint density at radius 2 is 1.92 bits per heavy atom. The number of nitrogens with zero attached hydrogens (tertiary/aromatic N) is 1. The van der Waals surface area contributed by atoms with Crippen LogP contribution in [0.5, 0.6) is 11.5 Å². The Morgan fingerprint density at radius 1 is 1.20 bits per heavy atom. The molecule has 2 fully saturated rings. The molecular weight excluding hydrogens is 345 g/mol. The SMILES string of the molecule is COc1ccc([C@@]23CC[C@@H](OP(=O)(O)O)C[C@@H]2N(C)CC3)cc1OC. The second kappa shape index (κ2) is 6.89. The van der Waals surface area contributed by atoms with Crippen molar-refractivity contribution < 1.29 is 28.3 Å². The first-order chi connectivity index (χ1) is 11.8. The first kappa shape index (κ1) is 18.7. The summed E-state index contributed by atoms with van der Waals surface area (Å²) in [6.45, 7) is 0.946. The highest BCUT2D eigenvalue weighted by Gasteiger charge is 2.51. The van der Waals surface area contributed by atoms with Crippen molar-refractivity contribution in [3.8, 4) is 11.5 Å². The largest absolute Gasteiger partial charge is 0.493 e. The normalized spacial score (nSPS) is 30.1. The van der Waals surface area contributed by atoms with Gasteiger partial charge in [0.05, 0.1) is 20.3 Å². The summed E-state index contributed by atoms with van der Waals surface area (Å²) in [6.07, 6.45) is 2.65. The van der Waals surface area contributed by atoms with Gasteiger partial charge in [0.25, 0.3) is 0 Å². The summed E-state index contributed by atoms with van der Waals surface area (Å²) in [5.74, 6) is 1.40. The van der Waals surface area contributed by atoms with Gasteiger partial charge in [-0.1, -0.05) is 6.07 Å². The lowest BCUT2D eigenvalue weighted by Gasteiger charge is -2.44. The number of benzene rings is 1. The highest BCUT2D eigenvalue weighted by atomic mass is 31.2. The van der Waals surface area contributed by atoms with E-state index in [1.807, 2.05) is 12.1 Å². The van der Waals surface area contributed by atoms with Gasteiger partial charge in [-0.15, -0.1) is 0 Å². The van der Waals surface area contributed by atoms with Crippen LogP contribution in [0.4, 0.5) is 0 Å².